The van der Waals surface area contributed by atoms with Crippen molar-refractivity contribution in [3.8, 4) is 0 Å². The number of carbonyl (C=O) groups is 2. The van der Waals surface area contributed by atoms with Crippen molar-refractivity contribution in [1.82, 2.24) is 5.32 Å². The molecule has 0 saturated heterocycles. The quantitative estimate of drug-likeness (QED) is 0.243. The minimum Gasteiger partial charge on any atom is -0.459 e. The molecule has 9 heteroatoms. The van der Waals surface area contributed by atoms with Gasteiger partial charge in [0.15, 0.2) is 5.76 Å². The second-order valence-corrected chi connectivity index (χ2v) is 9.21. The highest BCUT2D eigenvalue weighted by molar-refractivity contribution is 7.08. The third kappa shape index (κ3) is 7.81. The van der Waals surface area contributed by atoms with Gasteiger partial charge in [-0.1, -0.05) is 12.1 Å². The molecule has 0 unspecified atom stereocenters. The Morgan fingerprint density at radius 2 is 2.03 bits per heavy atom. The van der Waals surface area contributed by atoms with Crippen LogP contribution < -0.4 is 16.4 Å². The number of unbranched alkanes of at least 4 members (excludes halogenated alkanes) is 1. The Kier molecular flexibility index (Phi) is 10.6. The number of allylic oxidation sites excluding steroid dienone is 1. The van der Waals surface area contributed by atoms with Crippen LogP contribution in [0.3, 0.4) is 0 Å². The third-order valence-corrected chi connectivity index (χ3v) is 6.62. The number of para-hydroxylation sites is 2. The number of anilines is 2. The lowest BCUT2D eigenvalue weighted by Crippen LogP contribution is -2.39. The summed E-state index contributed by atoms with van der Waals surface area (Å²) in [7, 11) is 0. The van der Waals surface area contributed by atoms with Crippen LogP contribution in [0.2, 0.25) is 0 Å². The minimum absolute atomic E-state index is 0.00501. The van der Waals surface area contributed by atoms with Gasteiger partial charge in [-0.3, -0.25) is 9.59 Å². The van der Waals surface area contributed by atoms with E-state index in [1.165, 1.54) is 0 Å². The van der Waals surface area contributed by atoms with E-state index in [0.29, 0.717) is 50.2 Å². The molecule has 190 valence electrons. The van der Waals surface area contributed by atoms with Crippen LogP contribution in [0.5, 0.6) is 0 Å². The van der Waals surface area contributed by atoms with Crippen molar-refractivity contribution in [1.29, 1.82) is 0 Å². The number of thiophene rings is 1. The summed E-state index contributed by atoms with van der Waals surface area (Å²) >= 11 is 1.61. The first-order chi connectivity index (χ1) is 17.0. The number of rotatable bonds is 13. The zero-order valence-corrected chi connectivity index (χ0v) is 20.9. The van der Waals surface area contributed by atoms with Crippen LogP contribution in [-0.2, 0) is 19.1 Å². The molecule has 3 atom stereocenters. The fourth-order valence-corrected chi connectivity index (χ4v) is 4.84. The Labute approximate surface area is 210 Å². The highest BCUT2D eigenvalue weighted by Gasteiger charge is 2.37. The molecule has 1 aromatic heterocycles. The van der Waals surface area contributed by atoms with Crippen molar-refractivity contribution >= 4 is 34.5 Å². The number of hydrogen-bond donors (Lipinski definition) is 4. The van der Waals surface area contributed by atoms with Gasteiger partial charge < -0.3 is 30.9 Å². The molecule has 0 aliphatic carbocycles. The third-order valence-electron chi connectivity index (χ3n) is 5.91. The van der Waals surface area contributed by atoms with Crippen molar-refractivity contribution in [2.45, 2.75) is 51.2 Å². The zero-order chi connectivity index (χ0) is 25.0. The van der Waals surface area contributed by atoms with Gasteiger partial charge in [0.25, 0.3) is 5.91 Å². The molecule has 2 heterocycles. The lowest BCUT2D eigenvalue weighted by Gasteiger charge is -2.36. The number of carbonyl (C=O) groups excluding carboxylic acids is 2. The molecule has 1 aromatic carbocycles. The maximum atomic E-state index is 12.9. The Morgan fingerprint density at radius 3 is 2.74 bits per heavy atom. The van der Waals surface area contributed by atoms with E-state index in [9.17, 15) is 14.7 Å². The van der Waals surface area contributed by atoms with E-state index < -0.39 is 6.29 Å². The minimum atomic E-state index is -0.559. The van der Waals surface area contributed by atoms with Gasteiger partial charge in [0.1, 0.15) is 0 Å². The standard InChI is InChI=1S/C26H35N3O5S/c1-2-33-26-19(8-7-14-30)20(18-12-15-35-17-18)16-23(34-26)25(32)28-13-6-5-11-24(31)29-22-10-4-3-9-21(22)27/h3-4,9-10,12,15-17,19-20,26,30H,2,5-8,11,13-14,27H2,1H3,(H,28,32)(H,29,31)/t19-,20+,26+/m0/s1. The fourth-order valence-electron chi connectivity index (χ4n) is 4.13. The topological polar surface area (TPSA) is 123 Å². The van der Waals surface area contributed by atoms with Crippen LogP contribution in [0.1, 0.15) is 50.5 Å². The van der Waals surface area contributed by atoms with Gasteiger partial charge in [-0.15, -0.1) is 0 Å². The summed E-state index contributed by atoms with van der Waals surface area (Å²) in [6.45, 7) is 2.88. The lowest BCUT2D eigenvalue weighted by atomic mass is 9.81. The molecule has 8 nitrogen and oxygen atoms in total. The summed E-state index contributed by atoms with van der Waals surface area (Å²) in [6, 6.07) is 9.18. The van der Waals surface area contributed by atoms with E-state index >= 15 is 0 Å². The molecule has 1 aliphatic heterocycles. The molecule has 3 rings (SSSR count). The molecular weight excluding hydrogens is 466 g/mol. The van der Waals surface area contributed by atoms with Gasteiger partial charge in [0.05, 0.1) is 11.4 Å². The number of amides is 2. The lowest BCUT2D eigenvalue weighted by molar-refractivity contribution is -0.166. The molecule has 35 heavy (non-hydrogen) atoms. The molecule has 2 amide bonds. The van der Waals surface area contributed by atoms with Gasteiger partial charge in [0.2, 0.25) is 12.2 Å². The molecule has 0 spiro atoms. The number of benzene rings is 1. The second kappa shape index (κ2) is 13.9. The van der Waals surface area contributed by atoms with E-state index in [1.54, 1.807) is 23.5 Å². The van der Waals surface area contributed by atoms with Gasteiger partial charge in [-0.2, -0.15) is 11.3 Å². The smallest absolute Gasteiger partial charge is 0.286 e. The van der Waals surface area contributed by atoms with Crippen molar-refractivity contribution in [3.05, 3.63) is 58.5 Å². The van der Waals surface area contributed by atoms with Gasteiger partial charge in [-0.05, 0) is 73.2 Å². The maximum absolute atomic E-state index is 12.9. The van der Waals surface area contributed by atoms with Gasteiger partial charge >= 0.3 is 0 Å². The van der Waals surface area contributed by atoms with E-state index in [-0.39, 0.29) is 36.0 Å². The maximum Gasteiger partial charge on any atom is 0.286 e. The first-order valence-corrected chi connectivity index (χ1v) is 13.0. The highest BCUT2D eigenvalue weighted by Crippen LogP contribution is 2.40. The zero-order valence-electron chi connectivity index (χ0n) is 20.1. The van der Waals surface area contributed by atoms with Crippen molar-refractivity contribution < 1.29 is 24.2 Å². The molecule has 2 aromatic rings. The molecular formula is C26H35N3O5S. The average Bonchev–Trinajstić information content (AvgIpc) is 3.39. The molecule has 5 N–H and O–H groups in total. The summed E-state index contributed by atoms with van der Waals surface area (Å²) < 4.78 is 11.8. The number of aliphatic hydroxyl groups excluding tert-OH is 1. The number of ether oxygens (including phenoxy) is 2. The summed E-state index contributed by atoms with van der Waals surface area (Å²) in [4.78, 5) is 25.0. The SMILES string of the molecule is CCO[C@@H]1OC(C(=O)NCCCCC(=O)Nc2ccccc2N)=C[C@H](c2ccsc2)[C@@H]1CCCO. The van der Waals surface area contributed by atoms with Crippen LogP contribution in [0.15, 0.2) is 52.9 Å². The summed E-state index contributed by atoms with van der Waals surface area (Å²) in [5, 5.41) is 19.1. The van der Waals surface area contributed by atoms with Gasteiger partial charge in [-0.25, -0.2) is 0 Å². The van der Waals surface area contributed by atoms with Gasteiger partial charge in [0, 0.05) is 38.0 Å². The van der Waals surface area contributed by atoms with Crippen molar-refractivity contribution in [3.63, 3.8) is 0 Å². The Balaban J connectivity index is 1.52. The number of aliphatic hydroxyl groups is 1. The van der Waals surface area contributed by atoms with Crippen LogP contribution in [-0.4, -0.2) is 43.0 Å². The fraction of sp³-hybridized carbons (Fsp3) is 0.462. The molecule has 0 saturated carbocycles. The first-order valence-electron chi connectivity index (χ1n) is 12.1. The monoisotopic (exact) mass is 501 g/mol. The Morgan fingerprint density at radius 1 is 1.20 bits per heavy atom. The number of nitrogens with one attached hydrogen (secondary N) is 2. The second-order valence-electron chi connectivity index (χ2n) is 8.43. The number of hydrogen-bond acceptors (Lipinski definition) is 7. The van der Waals surface area contributed by atoms with Crippen molar-refractivity contribution in [2.75, 3.05) is 30.8 Å². The van der Waals surface area contributed by atoms with E-state index in [4.69, 9.17) is 15.2 Å². The molecule has 0 bridgehead atoms. The van der Waals surface area contributed by atoms with E-state index in [0.717, 1.165) is 12.0 Å². The van der Waals surface area contributed by atoms with Crippen molar-refractivity contribution in [2.24, 2.45) is 5.92 Å². The molecule has 0 fully saturated rings. The predicted octanol–water partition coefficient (Wildman–Crippen LogP) is 4.00. The normalized spacial score (nSPS) is 19.5. The number of nitrogen functional groups attached to an aromatic ring is 1. The number of nitrogens with two attached hydrogens (primary N) is 1. The largest absolute Gasteiger partial charge is 0.459 e. The van der Waals surface area contributed by atoms with Crippen LogP contribution in [0.25, 0.3) is 0 Å². The van der Waals surface area contributed by atoms with Crippen LogP contribution in [0.4, 0.5) is 11.4 Å². The molecule has 0 radical (unpaired) electrons. The average molecular weight is 502 g/mol. The Bertz CT molecular complexity index is 979. The van der Waals surface area contributed by atoms with Crippen LogP contribution in [0, 0.1) is 5.92 Å². The van der Waals surface area contributed by atoms with Crippen LogP contribution >= 0.6 is 11.3 Å². The highest BCUT2D eigenvalue weighted by atomic mass is 32.1. The summed E-state index contributed by atoms with van der Waals surface area (Å²) in [5.41, 5.74) is 8.10. The van der Waals surface area contributed by atoms with E-state index in [1.807, 2.05) is 30.5 Å². The Hall–Kier alpha value is -2.88. The summed E-state index contributed by atoms with van der Waals surface area (Å²) in [6.07, 6.45) is 4.29. The first kappa shape index (κ1) is 26.7. The van der Waals surface area contributed by atoms with E-state index in [2.05, 4.69) is 22.1 Å². The predicted molar refractivity (Wildman–Crippen MR) is 138 cm³/mol. The molecule has 1 aliphatic rings. The summed E-state index contributed by atoms with van der Waals surface area (Å²) in [5.74, 6) is -0.188.